The Morgan fingerprint density at radius 2 is 2.11 bits per heavy atom. The number of carbonyl (C=O) groups is 1. The highest BCUT2D eigenvalue weighted by Crippen LogP contribution is 2.29. The summed E-state index contributed by atoms with van der Waals surface area (Å²) in [6.07, 6.45) is 4.49. The minimum absolute atomic E-state index is 0.291. The standard InChI is InChI=1S/C12H16ClN3O2/c1-16(8-3-5-9(17)6-4-8)11-10(13)7-14-12(15-11)18-2/h7-8H,3-6H2,1-2H3. The number of hydrogen-bond donors (Lipinski definition) is 0. The fraction of sp³-hybridized carbons (Fsp3) is 0.583. The SMILES string of the molecule is COc1ncc(Cl)c(N(C)C2CCC(=O)CC2)n1. The summed E-state index contributed by atoms with van der Waals surface area (Å²) in [5.41, 5.74) is 0. The first-order valence-corrected chi connectivity index (χ1v) is 6.30. The molecule has 1 saturated carbocycles. The van der Waals surface area contributed by atoms with E-state index < -0.39 is 0 Å². The first kappa shape index (κ1) is 13.1. The van der Waals surface area contributed by atoms with Crippen molar-refractivity contribution < 1.29 is 9.53 Å². The number of ketones is 1. The van der Waals surface area contributed by atoms with Gasteiger partial charge in [0.25, 0.3) is 0 Å². The molecule has 1 aliphatic rings. The summed E-state index contributed by atoms with van der Waals surface area (Å²) in [5, 5.41) is 0.496. The van der Waals surface area contributed by atoms with Crippen molar-refractivity contribution in [1.82, 2.24) is 9.97 Å². The Bertz CT molecular complexity index is 443. The fourth-order valence-electron chi connectivity index (χ4n) is 2.17. The van der Waals surface area contributed by atoms with E-state index in [0.717, 1.165) is 12.8 Å². The predicted octanol–water partition coefficient (Wildman–Crippen LogP) is 2.09. The first-order chi connectivity index (χ1) is 8.61. The first-order valence-electron chi connectivity index (χ1n) is 5.93. The van der Waals surface area contributed by atoms with E-state index in [1.807, 2.05) is 11.9 Å². The quantitative estimate of drug-likeness (QED) is 0.841. The number of methoxy groups -OCH3 is 1. The Balaban J connectivity index is 2.17. The Hall–Kier alpha value is -1.36. The number of anilines is 1. The van der Waals surface area contributed by atoms with Crippen molar-refractivity contribution in [2.24, 2.45) is 0 Å². The third-order valence-corrected chi connectivity index (χ3v) is 3.55. The summed E-state index contributed by atoms with van der Waals surface area (Å²) in [4.78, 5) is 21.5. The maximum atomic E-state index is 11.2. The van der Waals surface area contributed by atoms with Crippen LogP contribution in [0.5, 0.6) is 6.01 Å². The molecular formula is C12H16ClN3O2. The van der Waals surface area contributed by atoms with E-state index in [1.54, 1.807) is 0 Å². The summed E-state index contributed by atoms with van der Waals surface area (Å²) in [5.74, 6) is 0.994. The van der Waals surface area contributed by atoms with Gasteiger partial charge in [0.1, 0.15) is 10.8 Å². The second kappa shape index (κ2) is 5.52. The Morgan fingerprint density at radius 3 is 2.72 bits per heavy atom. The molecule has 2 rings (SSSR count). The van der Waals surface area contributed by atoms with Gasteiger partial charge in [-0.3, -0.25) is 4.79 Å². The molecule has 1 heterocycles. The lowest BCUT2D eigenvalue weighted by atomic mass is 9.93. The highest BCUT2D eigenvalue weighted by atomic mass is 35.5. The van der Waals surface area contributed by atoms with Crippen LogP contribution in [0.2, 0.25) is 5.02 Å². The molecule has 0 bridgehead atoms. The Morgan fingerprint density at radius 1 is 1.44 bits per heavy atom. The van der Waals surface area contributed by atoms with Crippen molar-refractivity contribution in [3.05, 3.63) is 11.2 Å². The van der Waals surface area contributed by atoms with Crippen LogP contribution >= 0.6 is 11.6 Å². The van der Waals surface area contributed by atoms with Crippen LogP contribution in [0.3, 0.4) is 0 Å². The zero-order valence-electron chi connectivity index (χ0n) is 10.5. The maximum absolute atomic E-state index is 11.2. The third-order valence-electron chi connectivity index (χ3n) is 3.28. The number of halogens is 1. The minimum atomic E-state index is 0.291. The molecular weight excluding hydrogens is 254 g/mol. The lowest BCUT2D eigenvalue weighted by Crippen LogP contribution is -2.36. The summed E-state index contributed by atoms with van der Waals surface area (Å²) >= 11 is 6.11. The molecule has 1 fully saturated rings. The van der Waals surface area contributed by atoms with Gasteiger partial charge < -0.3 is 9.64 Å². The monoisotopic (exact) mass is 269 g/mol. The summed E-state index contributed by atoms with van der Waals surface area (Å²) in [6.45, 7) is 0. The highest BCUT2D eigenvalue weighted by Gasteiger charge is 2.24. The molecule has 0 radical (unpaired) electrons. The van der Waals surface area contributed by atoms with Crippen LogP contribution in [0.25, 0.3) is 0 Å². The van der Waals surface area contributed by atoms with Gasteiger partial charge in [-0.05, 0) is 12.8 Å². The molecule has 5 nitrogen and oxygen atoms in total. The van der Waals surface area contributed by atoms with E-state index in [4.69, 9.17) is 16.3 Å². The molecule has 6 heteroatoms. The number of Topliss-reactive ketones (excluding diaryl/α,β-unsaturated/α-hetero) is 1. The van der Waals surface area contributed by atoms with E-state index >= 15 is 0 Å². The number of carbonyl (C=O) groups excluding carboxylic acids is 1. The second-order valence-electron chi connectivity index (χ2n) is 4.41. The number of hydrogen-bond acceptors (Lipinski definition) is 5. The maximum Gasteiger partial charge on any atom is 0.318 e. The van der Waals surface area contributed by atoms with E-state index in [2.05, 4.69) is 9.97 Å². The van der Waals surface area contributed by atoms with Crippen LogP contribution in [0.4, 0.5) is 5.82 Å². The molecule has 1 aromatic heterocycles. The van der Waals surface area contributed by atoms with Crippen molar-refractivity contribution in [3.63, 3.8) is 0 Å². The minimum Gasteiger partial charge on any atom is -0.467 e. The van der Waals surface area contributed by atoms with Gasteiger partial charge in [-0.25, -0.2) is 4.98 Å². The largest absolute Gasteiger partial charge is 0.467 e. The van der Waals surface area contributed by atoms with Gasteiger partial charge in [-0.15, -0.1) is 0 Å². The topological polar surface area (TPSA) is 55.3 Å². The molecule has 0 unspecified atom stereocenters. The van der Waals surface area contributed by atoms with Crippen LogP contribution in [0, 0.1) is 0 Å². The molecule has 1 aromatic rings. The molecule has 0 amide bonds. The number of ether oxygens (including phenoxy) is 1. The average Bonchev–Trinajstić information content (AvgIpc) is 2.39. The zero-order valence-corrected chi connectivity index (χ0v) is 11.3. The van der Waals surface area contributed by atoms with Crippen LogP contribution in [-0.2, 0) is 4.79 Å². The third kappa shape index (κ3) is 2.72. The van der Waals surface area contributed by atoms with Crippen molar-refractivity contribution in [2.45, 2.75) is 31.7 Å². The van der Waals surface area contributed by atoms with Crippen LogP contribution < -0.4 is 9.64 Å². The predicted molar refractivity (Wildman–Crippen MR) is 69.3 cm³/mol. The number of nitrogens with zero attached hydrogens (tertiary/aromatic N) is 3. The molecule has 0 N–H and O–H groups in total. The van der Waals surface area contributed by atoms with Gasteiger partial charge in [-0.2, -0.15) is 4.98 Å². The molecule has 18 heavy (non-hydrogen) atoms. The van der Waals surface area contributed by atoms with Crippen molar-refractivity contribution in [1.29, 1.82) is 0 Å². The Labute approximate surface area is 111 Å². The van der Waals surface area contributed by atoms with Gasteiger partial charge in [-0.1, -0.05) is 11.6 Å². The molecule has 98 valence electrons. The van der Waals surface area contributed by atoms with Crippen LogP contribution in [-0.4, -0.2) is 36.0 Å². The van der Waals surface area contributed by atoms with Gasteiger partial charge in [0.05, 0.1) is 13.3 Å². The number of rotatable bonds is 3. The molecule has 0 aromatic carbocycles. The normalized spacial score (nSPS) is 16.7. The lowest BCUT2D eigenvalue weighted by molar-refractivity contribution is -0.120. The Kier molecular flexibility index (Phi) is 4.01. The second-order valence-corrected chi connectivity index (χ2v) is 4.82. The van der Waals surface area contributed by atoms with Gasteiger partial charge >= 0.3 is 6.01 Å². The average molecular weight is 270 g/mol. The van der Waals surface area contributed by atoms with E-state index in [9.17, 15) is 4.79 Å². The summed E-state index contributed by atoms with van der Waals surface area (Å²) in [7, 11) is 3.46. The van der Waals surface area contributed by atoms with E-state index in [-0.39, 0.29) is 0 Å². The molecule has 0 atom stereocenters. The van der Waals surface area contributed by atoms with E-state index in [1.165, 1.54) is 13.3 Å². The van der Waals surface area contributed by atoms with E-state index in [0.29, 0.717) is 41.5 Å². The van der Waals surface area contributed by atoms with Crippen LogP contribution in [0.1, 0.15) is 25.7 Å². The molecule has 0 spiro atoms. The van der Waals surface area contributed by atoms with Gasteiger partial charge in [0.2, 0.25) is 0 Å². The fourth-order valence-corrected chi connectivity index (χ4v) is 2.40. The summed E-state index contributed by atoms with van der Waals surface area (Å²) in [6, 6.07) is 0.591. The smallest absolute Gasteiger partial charge is 0.318 e. The zero-order chi connectivity index (χ0) is 13.1. The number of aromatic nitrogens is 2. The van der Waals surface area contributed by atoms with Gasteiger partial charge in [0, 0.05) is 25.9 Å². The van der Waals surface area contributed by atoms with Crippen molar-refractivity contribution in [3.8, 4) is 6.01 Å². The summed E-state index contributed by atoms with van der Waals surface area (Å²) < 4.78 is 5.00. The lowest BCUT2D eigenvalue weighted by Gasteiger charge is -2.31. The van der Waals surface area contributed by atoms with Crippen LogP contribution in [0.15, 0.2) is 6.20 Å². The molecule has 1 aliphatic carbocycles. The van der Waals surface area contributed by atoms with Crippen molar-refractivity contribution >= 4 is 23.2 Å². The van der Waals surface area contributed by atoms with Gasteiger partial charge in [0.15, 0.2) is 5.82 Å². The molecule has 0 aliphatic heterocycles. The van der Waals surface area contributed by atoms with Crippen molar-refractivity contribution in [2.75, 3.05) is 19.1 Å². The highest BCUT2D eigenvalue weighted by molar-refractivity contribution is 6.32. The molecule has 0 saturated heterocycles.